The first kappa shape index (κ1) is 14.0. The van der Waals surface area contributed by atoms with Crippen LogP contribution in [0.25, 0.3) is 0 Å². The molecule has 0 radical (unpaired) electrons. The predicted molar refractivity (Wildman–Crippen MR) is 68.2 cm³/mol. The molecule has 1 aliphatic rings. The summed E-state index contributed by atoms with van der Waals surface area (Å²) in [7, 11) is 0. The molecule has 2 atom stereocenters. The second kappa shape index (κ2) is 6.64. The van der Waals surface area contributed by atoms with Gasteiger partial charge in [0, 0.05) is 12.6 Å². The lowest BCUT2D eigenvalue weighted by Crippen LogP contribution is -2.47. The Morgan fingerprint density at radius 1 is 1.47 bits per heavy atom. The molecule has 1 amide bonds. The summed E-state index contributed by atoms with van der Waals surface area (Å²) in [4.78, 5) is 14.3. The van der Waals surface area contributed by atoms with Gasteiger partial charge in [0.25, 0.3) is 0 Å². The van der Waals surface area contributed by atoms with Crippen LogP contribution in [-0.2, 0) is 4.79 Å². The molecule has 0 spiro atoms. The molecule has 1 rings (SSSR count). The molecular formula is C14H24N2O. The molecule has 96 valence electrons. The van der Waals surface area contributed by atoms with Crippen LogP contribution in [0, 0.1) is 23.2 Å². The smallest absolute Gasteiger partial charge is 0.240 e. The third kappa shape index (κ3) is 3.46. The molecule has 0 aromatic carbocycles. The highest BCUT2D eigenvalue weighted by molar-refractivity contribution is 5.81. The molecule has 0 aromatic rings. The van der Waals surface area contributed by atoms with Crippen LogP contribution in [0.1, 0.15) is 52.9 Å². The van der Waals surface area contributed by atoms with Crippen LogP contribution in [0.2, 0.25) is 0 Å². The van der Waals surface area contributed by atoms with Crippen molar-refractivity contribution in [2.24, 2.45) is 11.8 Å². The van der Waals surface area contributed by atoms with Crippen molar-refractivity contribution in [2.45, 2.75) is 58.9 Å². The van der Waals surface area contributed by atoms with Crippen LogP contribution in [-0.4, -0.2) is 23.4 Å². The summed E-state index contributed by atoms with van der Waals surface area (Å²) in [5.74, 6) is -0.301. The number of amides is 1. The third-order valence-corrected chi connectivity index (χ3v) is 3.60. The zero-order chi connectivity index (χ0) is 12.8. The Hall–Kier alpha value is -1.04. The van der Waals surface area contributed by atoms with Gasteiger partial charge in [0.2, 0.25) is 5.91 Å². The first-order valence-electron chi connectivity index (χ1n) is 6.81. The summed E-state index contributed by atoms with van der Waals surface area (Å²) < 4.78 is 0. The zero-order valence-electron chi connectivity index (χ0n) is 11.3. The van der Waals surface area contributed by atoms with Gasteiger partial charge in [0.1, 0.15) is 5.92 Å². The molecule has 0 aromatic heterocycles. The van der Waals surface area contributed by atoms with Crippen LogP contribution in [0.4, 0.5) is 0 Å². The van der Waals surface area contributed by atoms with Crippen molar-refractivity contribution >= 4 is 5.91 Å². The minimum Gasteiger partial charge on any atom is -0.339 e. The Balaban J connectivity index is 2.74. The topological polar surface area (TPSA) is 44.1 Å². The summed E-state index contributed by atoms with van der Waals surface area (Å²) >= 11 is 0. The molecule has 0 aliphatic carbocycles. The molecule has 0 N–H and O–H groups in total. The summed E-state index contributed by atoms with van der Waals surface area (Å²) in [5, 5.41) is 9.12. The maximum Gasteiger partial charge on any atom is 0.240 e. The SMILES string of the molecule is CCCC1CCCCN1C(=O)C(C#N)C(C)C. The second-order valence-corrected chi connectivity index (χ2v) is 5.32. The van der Waals surface area contributed by atoms with E-state index in [0.29, 0.717) is 6.04 Å². The van der Waals surface area contributed by atoms with Crippen LogP contribution in [0.3, 0.4) is 0 Å². The average molecular weight is 236 g/mol. The van der Waals surface area contributed by atoms with E-state index in [9.17, 15) is 4.79 Å². The molecule has 3 heteroatoms. The van der Waals surface area contributed by atoms with Gasteiger partial charge in [0.05, 0.1) is 6.07 Å². The van der Waals surface area contributed by atoms with E-state index in [1.165, 1.54) is 6.42 Å². The van der Waals surface area contributed by atoms with Crippen LogP contribution in [0.5, 0.6) is 0 Å². The van der Waals surface area contributed by atoms with Gasteiger partial charge >= 0.3 is 0 Å². The number of piperidine rings is 1. The first-order chi connectivity index (χ1) is 8.11. The number of likely N-dealkylation sites (tertiary alicyclic amines) is 1. The van der Waals surface area contributed by atoms with Crippen molar-refractivity contribution in [1.29, 1.82) is 5.26 Å². The lowest BCUT2D eigenvalue weighted by atomic mass is 9.92. The van der Waals surface area contributed by atoms with E-state index in [-0.39, 0.29) is 11.8 Å². The summed E-state index contributed by atoms with van der Waals surface area (Å²) in [6, 6.07) is 2.54. The first-order valence-corrected chi connectivity index (χ1v) is 6.81. The molecule has 0 saturated carbocycles. The predicted octanol–water partition coefficient (Wildman–Crippen LogP) is 2.96. The molecule has 0 bridgehead atoms. The van der Waals surface area contributed by atoms with Crippen molar-refractivity contribution in [3.05, 3.63) is 0 Å². The second-order valence-electron chi connectivity index (χ2n) is 5.32. The molecule has 1 aliphatic heterocycles. The monoisotopic (exact) mass is 236 g/mol. The minimum atomic E-state index is -0.465. The molecule has 3 nitrogen and oxygen atoms in total. The normalized spacial score (nSPS) is 22.3. The minimum absolute atomic E-state index is 0.0562. The Morgan fingerprint density at radius 3 is 2.71 bits per heavy atom. The molecule has 2 unspecified atom stereocenters. The highest BCUT2D eigenvalue weighted by atomic mass is 16.2. The van der Waals surface area contributed by atoms with Gasteiger partial charge in [-0.05, 0) is 31.6 Å². The van der Waals surface area contributed by atoms with Gasteiger partial charge < -0.3 is 4.90 Å². The summed E-state index contributed by atoms with van der Waals surface area (Å²) in [6.45, 7) is 6.89. The van der Waals surface area contributed by atoms with E-state index < -0.39 is 5.92 Å². The van der Waals surface area contributed by atoms with Crippen molar-refractivity contribution in [2.75, 3.05) is 6.54 Å². The fourth-order valence-corrected chi connectivity index (χ4v) is 2.59. The molecular weight excluding hydrogens is 212 g/mol. The van der Waals surface area contributed by atoms with Crippen molar-refractivity contribution in [3.8, 4) is 6.07 Å². The highest BCUT2D eigenvalue weighted by Crippen LogP contribution is 2.24. The Labute approximate surface area is 105 Å². The molecule has 1 fully saturated rings. The lowest BCUT2D eigenvalue weighted by Gasteiger charge is -2.37. The van der Waals surface area contributed by atoms with E-state index >= 15 is 0 Å². The van der Waals surface area contributed by atoms with Crippen molar-refractivity contribution in [3.63, 3.8) is 0 Å². The third-order valence-electron chi connectivity index (χ3n) is 3.60. The number of carbonyl (C=O) groups excluding carboxylic acids is 1. The average Bonchev–Trinajstić information content (AvgIpc) is 2.30. The maximum atomic E-state index is 12.4. The van der Waals surface area contributed by atoms with E-state index in [2.05, 4.69) is 13.0 Å². The largest absolute Gasteiger partial charge is 0.339 e. The van der Waals surface area contributed by atoms with Crippen molar-refractivity contribution in [1.82, 2.24) is 4.90 Å². The Kier molecular flexibility index (Phi) is 5.47. The highest BCUT2D eigenvalue weighted by Gasteiger charge is 2.32. The molecule has 1 saturated heterocycles. The van der Waals surface area contributed by atoms with Gasteiger partial charge in [-0.3, -0.25) is 4.79 Å². The number of nitrogens with zero attached hydrogens (tertiary/aromatic N) is 2. The quantitative estimate of drug-likeness (QED) is 0.753. The number of carbonyl (C=O) groups is 1. The van der Waals surface area contributed by atoms with Crippen LogP contribution in [0.15, 0.2) is 0 Å². The van der Waals surface area contributed by atoms with Crippen LogP contribution < -0.4 is 0 Å². The Bertz CT molecular complexity index is 291. The van der Waals surface area contributed by atoms with E-state index in [0.717, 1.165) is 32.2 Å². The van der Waals surface area contributed by atoms with E-state index in [1.54, 1.807) is 0 Å². The molecule has 1 heterocycles. The number of rotatable bonds is 4. The zero-order valence-corrected chi connectivity index (χ0v) is 11.3. The summed E-state index contributed by atoms with van der Waals surface area (Å²) in [6.07, 6.45) is 5.58. The van der Waals surface area contributed by atoms with Crippen LogP contribution >= 0.6 is 0 Å². The van der Waals surface area contributed by atoms with E-state index in [4.69, 9.17) is 5.26 Å². The Morgan fingerprint density at radius 2 is 2.18 bits per heavy atom. The van der Waals surface area contributed by atoms with E-state index in [1.807, 2.05) is 18.7 Å². The fourth-order valence-electron chi connectivity index (χ4n) is 2.59. The number of hydrogen-bond donors (Lipinski definition) is 0. The van der Waals surface area contributed by atoms with Crippen molar-refractivity contribution < 1.29 is 4.79 Å². The van der Waals surface area contributed by atoms with Gasteiger partial charge in [-0.1, -0.05) is 27.2 Å². The van der Waals surface area contributed by atoms with Gasteiger partial charge in [-0.25, -0.2) is 0 Å². The van der Waals surface area contributed by atoms with Gasteiger partial charge in [0.15, 0.2) is 0 Å². The van der Waals surface area contributed by atoms with Gasteiger partial charge in [-0.15, -0.1) is 0 Å². The maximum absolute atomic E-state index is 12.4. The molecule has 17 heavy (non-hydrogen) atoms. The lowest BCUT2D eigenvalue weighted by molar-refractivity contribution is -0.138. The standard InChI is InChI=1S/C14H24N2O/c1-4-7-12-8-5-6-9-16(12)14(17)13(10-15)11(2)3/h11-13H,4-9H2,1-3H3. The number of nitriles is 1. The fraction of sp³-hybridized carbons (Fsp3) is 0.857. The number of hydrogen-bond acceptors (Lipinski definition) is 2. The summed E-state index contributed by atoms with van der Waals surface area (Å²) in [5.41, 5.74) is 0. The van der Waals surface area contributed by atoms with Gasteiger partial charge in [-0.2, -0.15) is 5.26 Å².